The molecule has 0 bridgehead atoms. The molecule has 0 aliphatic heterocycles. The summed E-state index contributed by atoms with van der Waals surface area (Å²) in [5.41, 5.74) is 0. The van der Waals surface area contributed by atoms with Gasteiger partial charge in [0.25, 0.3) is 0 Å². The maximum atomic E-state index is 10.2. The Bertz CT molecular complexity index is 98.0. The number of unbranched alkanes of at least 4 members (excludes halogenated alkanes) is 12. The average molecular weight is 226 g/mol. The first kappa shape index (κ1) is 16.0. The molecule has 2 radical (unpaired) electrons. The van der Waals surface area contributed by atoms with Crippen LogP contribution in [-0.2, 0) is 5.11 Å². The molecule has 0 unspecified atom stereocenters. The van der Waals surface area contributed by atoms with Crippen molar-refractivity contribution in [3.05, 3.63) is 6.92 Å². The molecule has 0 amide bonds. The van der Waals surface area contributed by atoms with Crippen LogP contribution in [-0.4, -0.2) is 6.61 Å². The van der Waals surface area contributed by atoms with E-state index in [9.17, 15) is 5.11 Å². The van der Waals surface area contributed by atoms with Gasteiger partial charge in [0.05, 0.1) is 6.61 Å². The van der Waals surface area contributed by atoms with Crippen LogP contribution < -0.4 is 0 Å². The van der Waals surface area contributed by atoms with E-state index in [-0.39, 0.29) is 6.61 Å². The normalized spacial score (nSPS) is 10.9. The third-order valence-corrected chi connectivity index (χ3v) is 3.14. The molecule has 16 heavy (non-hydrogen) atoms. The van der Waals surface area contributed by atoms with Crippen molar-refractivity contribution >= 4 is 0 Å². The van der Waals surface area contributed by atoms with E-state index in [4.69, 9.17) is 0 Å². The highest BCUT2D eigenvalue weighted by Gasteiger charge is 1.93. The Morgan fingerprint density at radius 1 is 0.500 bits per heavy atom. The summed E-state index contributed by atoms with van der Waals surface area (Å²) in [6.45, 7) is 3.97. The van der Waals surface area contributed by atoms with Crippen molar-refractivity contribution in [2.75, 3.05) is 6.61 Å². The van der Waals surface area contributed by atoms with Gasteiger partial charge in [-0.25, -0.2) is 5.11 Å². The first-order chi connectivity index (χ1) is 7.91. The number of rotatable bonds is 13. The van der Waals surface area contributed by atoms with E-state index in [1.807, 2.05) is 0 Å². The Labute approximate surface area is 103 Å². The maximum absolute atomic E-state index is 10.2. The van der Waals surface area contributed by atoms with E-state index in [0.717, 1.165) is 19.3 Å². The monoisotopic (exact) mass is 226 g/mol. The lowest BCUT2D eigenvalue weighted by molar-refractivity contribution is 0.186. The molecule has 0 saturated heterocycles. The van der Waals surface area contributed by atoms with E-state index >= 15 is 0 Å². The molecule has 0 spiro atoms. The maximum Gasteiger partial charge on any atom is 0.0822 e. The first-order valence-electron chi connectivity index (χ1n) is 7.29. The van der Waals surface area contributed by atoms with E-state index in [1.54, 1.807) is 0 Å². The second-order valence-corrected chi connectivity index (χ2v) is 4.80. The average Bonchev–Trinajstić information content (AvgIpc) is 2.31. The van der Waals surface area contributed by atoms with Gasteiger partial charge in [0.1, 0.15) is 0 Å². The summed E-state index contributed by atoms with van der Waals surface area (Å²) in [6, 6.07) is 0. The van der Waals surface area contributed by atoms with Gasteiger partial charge < -0.3 is 0 Å². The van der Waals surface area contributed by atoms with E-state index in [1.165, 1.54) is 64.2 Å². The van der Waals surface area contributed by atoms with Gasteiger partial charge in [-0.3, -0.25) is 0 Å². The Hall–Kier alpha value is -0.0400. The Kier molecular flexibility index (Phi) is 14.9. The summed E-state index contributed by atoms with van der Waals surface area (Å²) in [5, 5.41) is 10.2. The molecule has 0 atom stereocenters. The molecular formula is C15H30O. The molecule has 0 aliphatic carbocycles. The number of hydrogen-bond donors (Lipinski definition) is 0. The lowest BCUT2D eigenvalue weighted by Crippen LogP contribution is -1.84. The van der Waals surface area contributed by atoms with Crippen LogP contribution in [0.15, 0.2) is 0 Å². The smallest absolute Gasteiger partial charge is 0.0822 e. The summed E-state index contributed by atoms with van der Waals surface area (Å²) < 4.78 is 0. The minimum atomic E-state index is 0.118. The SMILES string of the molecule is [CH2]CCCCCCCCCCCCCC[O]. The predicted molar refractivity (Wildman–Crippen MR) is 70.9 cm³/mol. The molecule has 0 aromatic rings. The van der Waals surface area contributed by atoms with E-state index in [2.05, 4.69) is 6.92 Å². The molecule has 0 saturated carbocycles. The summed E-state index contributed by atoms with van der Waals surface area (Å²) in [7, 11) is 0. The van der Waals surface area contributed by atoms with Crippen molar-refractivity contribution in [2.24, 2.45) is 0 Å². The van der Waals surface area contributed by atoms with Gasteiger partial charge in [0.15, 0.2) is 0 Å². The Morgan fingerprint density at radius 3 is 1.12 bits per heavy atom. The van der Waals surface area contributed by atoms with Gasteiger partial charge in [-0.15, -0.1) is 0 Å². The van der Waals surface area contributed by atoms with Crippen LogP contribution in [0.2, 0.25) is 0 Å². The highest BCUT2D eigenvalue weighted by atomic mass is 16.2. The summed E-state index contributed by atoms with van der Waals surface area (Å²) in [5.74, 6) is 0. The predicted octanol–water partition coefficient (Wildman–Crippen LogP) is 5.32. The fourth-order valence-corrected chi connectivity index (χ4v) is 2.05. The zero-order valence-electron chi connectivity index (χ0n) is 11.0. The van der Waals surface area contributed by atoms with E-state index in [0.29, 0.717) is 0 Å². The molecule has 0 N–H and O–H groups in total. The Morgan fingerprint density at radius 2 is 0.812 bits per heavy atom. The third kappa shape index (κ3) is 14.0. The Balaban J connectivity index is 2.83. The van der Waals surface area contributed by atoms with Crippen molar-refractivity contribution in [3.8, 4) is 0 Å². The summed E-state index contributed by atoms with van der Waals surface area (Å²) >= 11 is 0. The van der Waals surface area contributed by atoms with Crippen molar-refractivity contribution < 1.29 is 5.11 Å². The van der Waals surface area contributed by atoms with Crippen LogP contribution in [0.1, 0.15) is 83.5 Å². The molecule has 1 nitrogen and oxygen atoms in total. The van der Waals surface area contributed by atoms with Gasteiger partial charge in [-0.05, 0) is 6.42 Å². The topological polar surface area (TPSA) is 19.9 Å². The van der Waals surface area contributed by atoms with E-state index < -0.39 is 0 Å². The van der Waals surface area contributed by atoms with Crippen LogP contribution >= 0.6 is 0 Å². The second kappa shape index (κ2) is 15.0. The molecule has 0 rings (SSSR count). The fraction of sp³-hybridized carbons (Fsp3) is 0.933. The molecular weight excluding hydrogens is 196 g/mol. The zero-order chi connectivity index (χ0) is 11.9. The van der Waals surface area contributed by atoms with Crippen LogP contribution in [0.4, 0.5) is 0 Å². The molecule has 96 valence electrons. The highest BCUT2D eigenvalue weighted by Crippen LogP contribution is 2.12. The van der Waals surface area contributed by atoms with Gasteiger partial charge in [0.2, 0.25) is 0 Å². The molecule has 0 aromatic carbocycles. The zero-order valence-corrected chi connectivity index (χ0v) is 11.0. The third-order valence-electron chi connectivity index (χ3n) is 3.14. The van der Waals surface area contributed by atoms with Crippen molar-refractivity contribution in [3.63, 3.8) is 0 Å². The summed E-state index contributed by atoms with van der Waals surface area (Å²) in [4.78, 5) is 0. The van der Waals surface area contributed by atoms with Gasteiger partial charge in [-0.2, -0.15) is 0 Å². The molecule has 0 aliphatic rings. The van der Waals surface area contributed by atoms with Crippen molar-refractivity contribution in [2.45, 2.75) is 83.5 Å². The van der Waals surface area contributed by atoms with Gasteiger partial charge in [-0.1, -0.05) is 84.0 Å². The minimum absolute atomic E-state index is 0.118. The molecule has 0 aromatic heterocycles. The fourth-order valence-electron chi connectivity index (χ4n) is 2.05. The van der Waals surface area contributed by atoms with Gasteiger partial charge in [0, 0.05) is 0 Å². The molecule has 0 fully saturated rings. The van der Waals surface area contributed by atoms with Gasteiger partial charge >= 0.3 is 0 Å². The minimum Gasteiger partial charge on any atom is -0.237 e. The lowest BCUT2D eigenvalue weighted by Gasteiger charge is -2.02. The molecule has 0 heterocycles. The van der Waals surface area contributed by atoms with Crippen LogP contribution in [0.5, 0.6) is 0 Å². The quantitative estimate of drug-likeness (QED) is 0.379. The standard InChI is InChI=1S/C15H30O/c1-2-3-4-5-6-7-8-9-10-11-12-13-14-15-16/h1-15H2. The highest BCUT2D eigenvalue weighted by molar-refractivity contribution is 4.49. The largest absolute Gasteiger partial charge is 0.237 e. The second-order valence-electron chi connectivity index (χ2n) is 4.80. The van der Waals surface area contributed by atoms with Crippen LogP contribution in [0, 0.1) is 6.92 Å². The van der Waals surface area contributed by atoms with Crippen LogP contribution in [0.25, 0.3) is 0 Å². The summed E-state index contributed by atoms with van der Waals surface area (Å²) in [6.07, 6.45) is 16.8. The van der Waals surface area contributed by atoms with Crippen molar-refractivity contribution in [1.29, 1.82) is 0 Å². The van der Waals surface area contributed by atoms with Crippen molar-refractivity contribution in [1.82, 2.24) is 0 Å². The lowest BCUT2D eigenvalue weighted by atomic mass is 10.0. The molecule has 1 heteroatoms. The first-order valence-corrected chi connectivity index (χ1v) is 7.29. The number of hydrogen-bond acceptors (Lipinski definition) is 0. The van der Waals surface area contributed by atoms with Crippen LogP contribution in [0.3, 0.4) is 0 Å².